The molecule has 9 nitrogen and oxygen atoms in total. The molecular weight excluding hydrogens is 380 g/mol. The fourth-order valence-electron chi connectivity index (χ4n) is 3.62. The first-order valence-corrected chi connectivity index (χ1v) is 9.87. The lowest BCUT2D eigenvalue weighted by atomic mass is 10.2. The van der Waals surface area contributed by atoms with Gasteiger partial charge < -0.3 is 15.1 Å². The summed E-state index contributed by atoms with van der Waals surface area (Å²) in [5, 5.41) is 6.58. The Morgan fingerprint density at radius 3 is 2.63 bits per heavy atom. The number of nitrogens with one attached hydrogen (secondary N) is 2. The summed E-state index contributed by atoms with van der Waals surface area (Å²) in [4.78, 5) is 30.2. The highest BCUT2D eigenvalue weighted by atomic mass is 16.1. The molecule has 0 atom stereocenters. The number of H-pyrrole nitrogens is 1. The first kappa shape index (κ1) is 18.3. The molecule has 5 rings (SSSR count). The zero-order valence-electron chi connectivity index (χ0n) is 16.6. The van der Waals surface area contributed by atoms with Gasteiger partial charge in [-0.15, -0.1) is 0 Å². The van der Waals surface area contributed by atoms with E-state index >= 15 is 0 Å². The third-order valence-corrected chi connectivity index (χ3v) is 5.33. The van der Waals surface area contributed by atoms with Gasteiger partial charge in [0.15, 0.2) is 5.82 Å². The number of likely N-dealkylation sites (N-methyl/N-ethyl adjacent to an activating group) is 1. The number of anilines is 3. The van der Waals surface area contributed by atoms with Crippen LogP contribution in [0.1, 0.15) is 0 Å². The summed E-state index contributed by atoms with van der Waals surface area (Å²) in [5.41, 5.74) is 1.72. The molecule has 4 aromatic rings. The van der Waals surface area contributed by atoms with Gasteiger partial charge in [0.25, 0.3) is 5.56 Å². The van der Waals surface area contributed by atoms with E-state index in [9.17, 15) is 4.79 Å². The molecule has 1 aliphatic rings. The molecule has 0 unspecified atom stereocenters. The van der Waals surface area contributed by atoms with Gasteiger partial charge in [0.05, 0.1) is 22.8 Å². The van der Waals surface area contributed by atoms with Crippen LogP contribution in [0.25, 0.3) is 16.7 Å². The van der Waals surface area contributed by atoms with E-state index in [-0.39, 0.29) is 5.56 Å². The minimum atomic E-state index is -0.153. The first-order valence-electron chi connectivity index (χ1n) is 9.87. The summed E-state index contributed by atoms with van der Waals surface area (Å²) in [6.45, 7) is 4.10. The van der Waals surface area contributed by atoms with E-state index in [1.807, 2.05) is 30.5 Å². The summed E-state index contributed by atoms with van der Waals surface area (Å²) >= 11 is 0. The smallest absolute Gasteiger partial charge is 0.272 e. The van der Waals surface area contributed by atoms with Gasteiger partial charge in [-0.05, 0) is 31.3 Å². The van der Waals surface area contributed by atoms with E-state index in [2.05, 4.69) is 48.3 Å². The number of fused-ring (bicyclic) bond motifs is 1. The molecular formula is C21H22N8O. The Morgan fingerprint density at radius 1 is 1.00 bits per heavy atom. The molecule has 3 aromatic heterocycles. The number of piperazine rings is 1. The lowest BCUT2D eigenvalue weighted by Crippen LogP contribution is -2.44. The quantitative estimate of drug-likeness (QED) is 0.539. The van der Waals surface area contributed by atoms with E-state index in [0.29, 0.717) is 23.0 Å². The number of rotatable bonds is 4. The van der Waals surface area contributed by atoms with Crippen molar-refractivity contribution in [3.8, 4) is 5.82 Å². The molecule has 2 N–H and O–H groups in total. The fraction of sp³-hybridized carbons (Fsp3) is 0.238. The van der Waals surface area contributed by atoms with Crippen molar-refractivity contribution in [1.82, 2.24) is 29.6 Å². The van der Waals surface area contributed by atoms with Gasteiger partial charge in [-0.2, -0.15) is 4.98 Å². The van der Waals surface area contributed by atoms with E-state index < -0.39 is 0 Å². The van der Waals surface area contributed by atoms with Gasteiger partial charge in [0.2, 0.25) is 5.95 Å². The van der Waals surface area contributed by atoms with Crippen LogP contribution in [0.2, 0.25) is 0 Å². The largest absolute Gasteiger partial charge is 0.368 e. The van der Waals surface area contributed by atoms with Crippen molar-refractivity contribution in [3.63, 3.8) is 0 Å². The maximum atomic E-state index is 12.2. The van der Waals surface area contributed by atoms with Gasteiger partial charge in [-0.1, -0.05) is 12.1 Å². The average Bonchev–Trinajstić information content (AvgIpc) is 3.12. The third-order valence-electron chi connectivity index (χ3n) is 5.33. The van der Waals surface area contributed by atoms with E-state index in [4.69, 9.17) is 0 Å². The van der Waals surface area contributed by atoms with E-state index in [1.165, 1.54) is 0 Å². The van der Waals surface area contributed by atoms with Crippen LogP contribution in [0.4, 0.5) is 17.5 Å². The van der Waals surface area contributed by atoms with Crippen molar-refractivity contribution in [2.24, 2.45) is 0 Å². The Hall–Kier alpha value is -3.72. The molecule has 0 spiro atoms. The summed E-state index contributed by atoms with van der Waals surface area (Å²) in [6.07, 6.45) is 3.52. The predicted molar refractivity (Wildman–Crippen MR) is 117 cm³/mol. The number of aromatic amines is 1. The summed E-state index contributed by atoms with van der Waals surface area (Å²) in [5.74, 6) is 1.64. The molecule has 4 heterocycles. The van der Waals surface area contributed by atoms with Gasteiger partial charge in [-0.25, -0.2) is 14.6 Å². The molecule has 0 aliphatic carbocycles. The molecule has 9 heteroatoms. The highest BCUT2D eigenvalue weighted by Crippen LogP contribution is 2.19. The van der Waals surface area contributed by atoms with Crippen LogP contribution in [0.15, 0.2) is 59.7 Å². The number of hydrogen-bond donors (Lipinski definition) is 2. The Morgan fingerprint density at radius 2 is 1.83 bits per heavy atom. The second kappa shape index (κ2) is 7.60. The van der Waals surface area contributed by atoms with Crippen molar-refractivity contribution < 1.29 is 0 Å². The monoisotopic (exact) mass is 402 g/mol. The molecule has 152 valence electrons. The second-order valence-corrected chi connectivity index (χ2v) is 7.35. The maximum absolute atomic E-state index is 12.2. The lowest BCUT2D eigenvalue weighted by Gasteiger charge is -2.33. The number of nitrogens with zero attached hydrogens (tertiary/aromatic N) is 6. The van der Waals surface area contributed by atoms with Crippen LogP contribution in [-0.4, -0.2) is 62.9 Å². The van der Waals surface area contributed by atoms with Gasteiger partial charge in [0, 0.05) is 38.4 Å². The van der Waals surface area contributed by atoms with Crippen LogP contribution < -0.4 is 15.8 Å². The highest BCUT2D eigenvalue weighted by Gasteiger charge is 2.14. The predicted octanol–water partition coefficient (Wildman–Crippen LogP) is 2.00. The SMILES string of the molecule is CN1CCN(c2ccc(Nc3nccc(-n4[nH]c(=O)c5ccccc54)n3)nc2)CC1. The van der Waals surface area contributed by atoms with E-state index in [0.717, 1.165) is 37.4 Å². The maximum Gasteiger partial charge on any atom is 0.272 e. The molecule has 1 aromatic carbocycles. The van der Waals surface area contributed by atoms with Gasteiger partial charge in [-0.3, -0.25) is 9.89 Å². The summed E-state index contributed by atoms with van der Waals surface area (Å²) < 4.78 is 1.66. The van der Waals surface area contributed by atoms with Gasteiger partial charge in [0.1, 0.15) is 5.82 Å². The average molecular weight is 402 g/mol. The van der Waals surface area contributed by atoms with Crippen LogP contribution >= 0.6 is 0 Å². The molecule has 1 aliphatic heterocycles. The number of para-hydroxylation sites is 1. The third kappa shape index (κ3) is 3.50. The number of aromatic nitrogens is 5. The second-order valence-electron chi connectivity index (χ2n) is 7.35. The van der Waals surface area contributed by atoms with E-state index in [1.54, 1.807) is 23.0 Å². The van der Waals surface area contributed by atoms with Crippen molar-refractivity contribution in [2.45, 2.75) is 0 Å². The van der Waals surface area contributed by atoms with Crippen molar-refractivity contribution in [3.05, 3.63) is 65.2 Å². The highest BCUT2D eigenvalue weighted by molar-refractivity contribution is 5.79. The molecule has 0 radical (unpaired) electrons. The Labute approximate surface area is 173 Å². The fourth-order valence-corrected chi connectivity index (χ4v) is 3.62. The van der Waals surface area contributed by atoms with Crippen LogP contribution in [-0.2, 0) is 0 Å². The standard InChI is InChI=1S/C21H22N8O/c1-27-10-12-28(13-11-27)15-6-7-18(23-14-15)24-21-22-9-8-19(25-21)29-17-5-3-2-4-16(17)20(30)26-29/h2-9,14H,10-13H2,1H3,(H,26,30)(H,22,23,24,25). The Kier molecular flexibility index (Phi) is 4.64. The minimum Gasteiger partial charge on any atom is -0.368 e. The van der Waals surface area contributed by atoms with Crippen LogP contribution in [0.5, 0.6) is 0 Å². The molecule has 0 bridgehead atoms. The topological polar surface area (TPSA) is 95.0 Å². The van der Waals surface area contributed by atoms with Crippen molar-refractivity contribution in [1.29, 1.82) is 0 Å². The summed E-state index contributed by atoms with van der Waals surface area (Å²) in [6, 6.07) is 13.1. The van der Waals surface area contributed by atoms with Crippen molar-refractivity contribution >= 4 is 28.4 Å². The van der Waals surface area contributed by atoms with Crippen LogP contribution in [0, 0.1) is 0 Å². The number of benzene rings is 1. The molecule has 1 fully saturated rings. The molecule has 0 saturated carbocycles. The number of pyridine rings is 1. The zero-order valence-corrected chi connectivity index (χ0v) is 16.6. The lowest BCUT2D eigenvalue weighted by molar-refractivity contribution is 0.313. The Balaban J connectivity index is 1.36. The zero-order chi connectivity index (χ0) is 20.5. The minimum absolute atomic E-state index is 0.153. The first-order chi connectivity index (χ1) is 14.7. The normalized spacial score (nSPS) is 14.9. The summed E-state index contributed by atoms with van der Waals surface area (Å²) in [7, 11) is 2.14. The Bertz CT molecular complexity index is 1220. The van der Waals surface area contributed by atoms with Gasteiger partial charge >= 0.3 is 0 Å². The molecule has 0 amide bonds. The molecule has 1 saturated heterocycles. The van der Waals surface area contributed by atoms with Crippen LogP contribution in [0.3, 0.4) is 0 Å². The number of hydrogen-bond acceptors (Lipinski definition) is 7. The van der Waals surface area contributed by atoms with Crippen molar-refractivity contribution in [2.75, 3.05) is 43.4 Å². The molecule has 30 heavy (non-hydrogen) atoms.